The molecule has 1 aliphatic heterocycles. The number of methoxy groups -OCH3 is 1. The number of pyridine rings is 1. The Morgan fingerprint density at radius 1 is 1.19 bits per heavy atom. The van der Waals surface area contributed by atoms with Crippen LogP contribution in [-0.4, -0.2) is 55.8 Å². The van der Waals surface area contributed by atoms with E-state index < -0.39 is 0 Å². The summed E-state index contributed by atoms with van der Waals surface area (Å²) in [6.45, 7) is 8.95. The van der Waals surface area contributed by atoms with Gasteiger partial charge in [0, 0.05) is 44.4 Å². The van der Waals surface area contributed by atoms with Crippen LogP contribution < -0.4 is 14.8 Å². The molecule has 1 aromatic heterocycles. The van der Waals surface area contributed by atoms with Gasteiger partial charge >= 0.3 is 0 Å². The van der Waals surface area contributed by atoms with E-state index in [4.69, 9.17) is 19.2 Å². The molecule has 2 heterocycles. The van der Waals surface area contributed by atoms with Gasteiger partial charge in [-0.15, -0.1) is 0 Å². The normalized spacial score (nSPS) is 16.4. The first-order chi connectivity index (χ1) is 15.2. The van der Waals surface area contributed by atoms with Crippen LogP contribution >= 0.6 is 0 Å². The minimum Gasteiger partial charge on any atom is -0.494 e. The van der Waals surface area contributed by atoms with E-state index >= 15 is 0 Å². The van der Waals surface area contributed by atoms with E-state index in [1.54, 1.807) is 13.3 Å². The zero-order valence-electron chi connectivity index (χ0n) is 18.8. The van der Waals surface area contributed by atoms with Crippen LogP contribution in [0.4, 0.5) is 0 Å². The molecular formula is C24H34N4O3. The topological polar surface area (TPSA) is 68.2 Å². The molecule has 1 fully saturated rings. The van der Waals surface area contributed by atoms with Crippen LogP contribution in [0.1, 0.15) is 32.3 Å². The molecule has 1 atom stereocenters. The molecule has 2 aromatic rings. The van der Waals surface area contributed by atoms with Crippen molar-refractivity contribution in [3.8, 4) is 17.4 Å². The Morgan fingerprint density at radius 2 is 2.00 bits per heavy atom. The van der Waals surface area contributed by atoms with Gasteiger partial charge in [-0.1, -0.05) is 13.0 Å². The van der Waals surface area contributed by atoms with E-state index in [9.17, 15) is 0 Å². The van der Waals surface area contributed by atoms with Crippen LogP contribution in [-0.2, 0) is 11.3 Å². The summed E-state index contributed by atoms with van der Waals surface area (Å²) in [5.41, 5.74) is 0.942. The summed E-state index contributed by atoms with van der Waals surface area (Å²) < 4.78 is 17.0. The maximum atomic E-state index is 6.05. The Hall–Kier alpha value is -2.80. The lowest BCUT2D eigenvalue weighted by atomic mass is 10.1. The van der Waals surface area contributed by atoms with Crippen molar-refractivity contribution in [2.75, 3.05) is 40.0 Å². The second kappa shape index (κ2) is 12.2. The highest BCUT2D eigenvalue weighted by Gasteiger charge is 2.24. The van der Waals surface area contributed by atoms with Crippen LogP contribution in [0.25, 0.3) is 0 Å². The zero-order chi connectivity index (χ0) is 21.9. The smallest absolute Gasteiger partial charge is 0.224 e. The Kier molecular flexibility index (Phi) is 8.97. The summed E-state index contributed by atoms with van der Waals surface area (Å²) >= 11 is 0. The average Bonchev–Trinajstić information content (AvgIpc) is 3.26. The van der Waals surface area contributed by atoms with Crippen molar-refractivity contribution in [1.82, 2.24) is 15.2 Å². The van der Waals surface area contributed by atoms with Gasteiger partial charge in [-0.05, 0) is 50.1 Å². The Bertz CT molecular complexity index is 826. The molecule has 0 bridgehead atoms. The third-order valence-corrected chi connectivity index (χ3v) is 5.08. The third kappa shape index (κ3) is 6.85. The number of aromatic nitrogens is 1. The van der Waals surface area contributed by atoms with Crippen molar-refractivity contribution in [2.24, 2.45) is 10.9 Å². The van der Waals surface area contributed by atoms with Crippen molar-refractivity contribution in [3.05, 3.63) is 48.2 Å². The molecule has 168 valence electrons. The number of ether oxygens (including phenoxy) is 3. The first-order valence-corrected chi connectivity index (χ1v) is 11.1. The van der Waals surface area contributed by atoms with Crippen molar-refractivity contribution in [3.63, 3.8) is 0 Å². The fourth-order valence-corrected chi connectivity index (χ4v) is 3.55. The number of rotatable bonds is 10. The standard InChI is InChI=1S/C24H34N4O3/c1-4-15-30-21-8-10-22(11-9-21)31-23-20(7-6-13-26-23)16-27-24(25-5-2)28-14-12-19(17-28)18-29-3/h6-11,13,19H,4-5,12,14-18H2,1-3H3,(H,25,27). The number of benzene rings is 1. The van der Waals surface area contributed by atoms with Gasteiger partial charge in [0.15, 0.2) is 5.96 Å². The van der Waals surface area contributed by atoms with Gasteiger partial charge in [-0.3, -0.25) is 0 Å². The molecule has 1 aromatic carbocycles. The lowest BCUT2D eigenvalue weighted by molar-refractivity contribution is 0.157. The predicted molar refractivity (Wildman–Crippen MR) is 123 cm³/mol. The van der Waals surface area contributed by atoms with Gasteiger partial charge < -0.3 is 24.4 Å². The zero-order valence-corrected chi connectivity index (χ0v) is 18.8. The van der Waals surface area contributed by atoms with Crippen molar-refractivity contribution < 1.29 is 14.2 Å². The molecule has 7 nitrogen and oxygen atoms in total. The van der Waals surface area contributed by atoms with E-state index in [1.165, 1.54) is 0 Å². The molecule has 0 saturated carbocycles. The third-order valence-electron chi connectivity index (χ3n) is 5.08. The van der Waals surface area contributed by atoms with Crippen LogP contribution in [0.3, 0.4) is 0 Å². The minimum absolute atomic E-state index is 0.495. The first-order valence-electron chi connectivity index (χ1n) is 11.1. The Balaban J connectivity index is 1.67. The highest BCUT2D eigenvalue weighted by Crippen LogP contribution is 2.26. The number of nitrogens with one attached hydrogen (secondary N) is 1. The molecule has 0 aliphatic carbocycles. The number of hydrogen-bond acceptors (Lipinski definition) is 5. The first kappa shape index (κ1) is 22.9. The van der Waals surface area contributed by atoms with Gasteiger partial charge in [-0.25, -0.2) is 9.98 Å². The van der Waals surface area contributed by atoms with Gasteiger partial charge in [0.05, 0.1) is 19.8 Å². The predicted octanol–water partition coefficient (Wildman–Crippen LogP) is 4.10. The molecule has 1 saturated heterocycles. The van der Waals surface area contributed by atoms with Crippen LogP contribution in [0.5, 0.6) is 17.4 Å². The molecule has 1 N–H and O–H groups in total. The monoisotopic (exact) mass is 426 g/mol. The lowest BCUT2D eigenvalue weighted by Crippen LogP contribution is -2.40. The molecule has 31 heavy (non-hydrogen) atoms. The van der Waals surface area contributed by atoms with E-state index in [0.717, 1.165) is 62.1 Å². The van der Waals surface area contributed by atoms with Gasteiger partial charge in [-0.2, -0.15) is 0 Å². The van der Waals surface area contributed by atoms with Crippen molar-refractivity contribution in [1.29, 1.82) is 0 Å². The van der Waals surface area contributed by atoms with E-state index in [0.29, 0.717) is 24.9 Å². The molecule has 3 rings (SSSR count). The number of nitrogens with zero attached hydrogens (tertiary/aromatic N) is 3. The van der Waals surface area contributed by atoms with E-state index in [-0.39, 0.29) is 0 Å². The summed E-state index contributed by atoms with van der Waals surface area (Å²) in [4.78, 5) is 11.6. The number of guanidine groups is 1. The molecule has 1 aliphatic rings. The molecule has 0 amide bonds. The van der Waals surface area contributed by atoms with E-state index in [1.807, 2.05) is 36.4 Å². The second-order valence-electron chi connectivity index (χ2n) is 7.62. The highest BCUT2D eigenvalue weighted by atomic mass is 16.5. The lowest BCUT2D eigenvalue weighted by Gasteiger charge is -2.21. The summed E-state index contributed by atoms with van der Waals surface area (Å²) in [5, 5.41) is 3.41. The molecule has 0 radical (unpaired) electrons. The summed E-state index contributed by atoms with van der Waals surface area (Å²) in [5.74, 6) is 3.61. The van der Waals surface area contributed by atoms with Gasteiger partial charge in [0.25, 0.3) is 0 Å². The minimum atomic E-state index is 0.495. The molecule has 1 unspecified atom stereocenters. The number of aliphatic imine (C=N–C) groups is 1. The highest BCUT2D eigenvalue weighted by molar-refractivity contribution is 5.80. The average molecular weight is 427 g/mol. The van der Waals surface area contributed by atoms with Crippen LogP contribution in [0.15, 0.2) is 47.6 Å². The summed E-state index contributed by atoms with van der Waals surface area (Å²) in [7, 11) is 1.76. The van der Waals surface area contributed by atoms with Crippen molar-refractivity contribution in [2.45, 2.75) is 33.2 Å². The number of likely N-dealkylation sites (tertiary alicyclic amines) is 1. The Morgan fingerprint density at radius 3 is 2.74 bits per heavy atom. The van der Waals surface area contributed by atoms with Gasteiger partial charge in [0.1, 0.15) is 11.5 Å². The summed E-state index contributed by atoms with van der Waals surface area (Å²) in [6, 6.07) is 11.5. The molecule has 0 spiro atoms. The molecular weight excluding hydrogens is 392 g/mol. The molecule has 7 heteroatoms. The van der Waals surface area contributed by atoms with Crippen molar-refractivity contribution >= 4 is 5.96 Å². The Labute approximate surface area is 185 Å². The maximum Gasteiger partial charge on any atom is 0.224 e. The van der Waals surface area contributed by atoms with Crippen LogP contribution in [0, 0.1) is 5.92 Å². The van der Waals surface area contributed by atoms with E-state index in [2.05, 4.69) is 29.0 Å². The SMILES string of the molecule is CCCOc1ccc(Oc2ncccc2CN=C(NCC)N2CCC(COC)C2)cc1. The van der Waals surface area contributed by atoms with Gasteiger partial charge in [0.2, 0.25) is 5.88 Å². The fourth-order valence-electron chi connectivity index (χ4n) is 3.55. The second-order valence-corrected chi connectivity index (χ2v) is 7.62. The summed E-state index contributed by atoms with van der Waals surface area (Å²) in [6.07, 6.45) is 3.84. The van der Waals surface area contributed by atoms with Crippen LogP contribution in [0.2, 0.25) is 0 Å². The maximum absolute atomic E-state index is 6.05. The quantitative estimate of drug-likeness (QED) is 0.456. The largest absolute Gasteiger partial charge is 0.494 e. The number of hydrogen-bond donors (Lipinski definition) is 1. The fraction of sp³-hybridized carbons (Fsp3) is 0.500.